The fraction of sp³-hybridized carbons (Fsp3) is 0.211. The van der Waals surface area contributed by atoms with Crippen LogP contribution in [0.3, 0.4) is 0 Å². The second-order valence-corrected chi connectivity index (χ2v) is 7.79. The molecule has 4 N–H and O–H groups in total. The highest BCUT2D eigenvalue weighted by atomic mass is 32.2. The molecule has 1 aromatic heterocycles. The van der Waals surface area contributed by atoms with Crippen molar-refractivity contribution in [3.05, 3.63) is 76.7 Å². The zero-order chi connectivity index (χ0) is 19.3. The summed E-state index contributed by atoms with van der Waals surface area (Å²) in [5.74, 6) is 0. The lowest BCUT2D eigenvalue weighted by Gasteiger charge is -2.13. The Kier molecular flexibility index (Phi) is 6.02. The molecule has 0 amide bonds. The summed E-state index contributed by atoms with van der Waals surface area (Å²) in [7, 11) is -3.76. The van der Waals surface area contributed by atoms with Crippen molar-refractivity contribution in [3.63, 3.8) is 0 Å². The van der Waals surface area contributed by atoms with Gasteiger partial charge >= 0.3 is 0 Å². The average molecular weight is 387 g/mol. The number of aliphatic hydroxyl groups excluding tert-OH is 1. The van der Waals surface area contributed by atoms with Gasteiger partial charge < -0.3 is 15.4 Å². The Labute approximate surface area is 157 Å². The Morgan fingerprint density at radius 3 is 2.52 bits per heavy atom. The van der Waals surface area contributed by atoms with Crippen molar-refractivity contribution < 1.29 is 13.5 Å². The standard InChI is InChI=1S/C19H21N3O4S/c23-17(14-5-2-1-3-6-14)13-20-11-12-22-27(25,26)18-8-4-7-16-15(18)9-10-21-19(16)24/h1-10,17,20,22-23H,11-13H2,(H,21,24). The molecule has 0 spiro atoms. The van der Waals surface area contributed by atoms with Gasteiger partial charge in [0.2, 0.25) is 10.0 Å². The predicted octanol–water partition coefficient (Wildman–Crippen LogP) is 1.13. The number of hydrogen-bond acceptors (Lipinski definition) is 5. The van der Waals surface area contributed by atoms with E-state index in [4.69, 9.17) is 0 Å². The second kappa shape index (κ2) is 8.45. The first kappa shape index (κ1) is 19.2. The summed E-state index contributed by atoms with van der Waals surface area (Å²) in [5, 5.41) is 13.8. The predicted molar refractivity (Wildman–Crippen MR) is 104 cm³/mol. The lowest BCUT2D eigenvalue weighted by molar-refractivity contribution is 0.175. The number of H-pyrrole nitrogens is 1. The molecular weight excluding hydrogens is 366 g/mol. The molecule has 2 aromatic carbocycles. The number of hydrogen-bond donors (Lipinski definition) is 4. The smallest absolute Gasteiger partial charge is 0.255 e. The second-order valence-electron chi connectivity index (χ2n) is 6.05. The van der Waals surface area contributed by atoms with E-state index in [0.717, 1.165) is 5.56 Å². The van der Waals surface area contributed by atoms with E-state index in [1.807, 2.05) is 30.3 Å². The van der Waals surface area contributed by atoms with Gasteiger partial charge in [0.05, 0.1) is 11.0 Å². The molecule has 7 nitrogen and oxygen atoms in total. The first-order chi connectivity index (χ1) is 13.0. The van der Waals surface area contributed by atoms with Gasteiger partial charge in [0.15, 0.2) is 0 Å². The molecule has 1 heterocycles. The molecule has 3 aromatic rings. The number of pyridine rings is 1. The molecule has 0 aliphatic carbocycles. The van der Waals surface area contributed by atoms with Gasteiger partial charge in [-0.1, -0.05) is 36.4 Å². The zero-order valence-electron chi connectivity index (χ0n) is 14.6. The van der Waals surface area contributed by atoms with Crippen molar-refractivity contribution in [2.45, 2.75) is 11.0 Å². The van der Waals surface area contributed by atoms with Gasteiger partial charge in [0.1, 0.15) is 0 Å². The molecule has 8 heteroatoms. The highest BCUT2D eigenvalue weighted by Gasteiger charge is 2.17. The fourth-order valence-corrected chi connectivity index (χ4v) is 4.06. The first-order valence-electron chi connectivity index (χ1n) is 8.53. The largest absolute Gasteiger partial charge is 0.387 e. The lowest BCUT2D eigenvalue weighted by atomic mass is 10.1. The minimum Gasteiger partial charge on any atom is -0.387 e. The van der Waals surface area contributed by atoms with Gasteiger partial charge in [-0.25, -0.2) is 13.1 Å². The number of aromatic amines is 1. The molecule has 0 fully saturated rings. The molecular formula is C19H21N3O4S. The Morgan fingerprint density at radius 2 is 1.74 bits per heavy atom. The monoisotopic (exact) mass is 387 g/mol. The number of rotatable bonds is 8. The molecule has 3 rings (SSSR count). The molecule has 27 heavy (non-hydrogen) atoms. The minimum atomic E-state index is -3.76. The lowest BCUT2D eigenvalue weighted by Crippen LogP contribution is -2.33. The topological polar surface area (TPSA) is 111 Å². The maximum absolute atomic E-state index is 12.6. The van der Waals surface area contributed by atoms with Crippen molar-refractivity contribution in [2.24, 2.45) is 0 Å². The molecule has 0 bridgehead atoms. The fourth-order valence-electron chi connectivity index (χ4n) is 2.81. The highest BCUT2D eigenvalue weighted by molar-refractivity contribution is 7.89. The third kappa shape index (κ3) is 4.61. The van der Waals surface area contributed by atoms with Crippen LogP contribution < -0.4 is 15.6 Å². The number of benzene rings is 2. The number of nitrogens with one attached hydrogen (secondary N) is 3. The quantitative estimate of drug-likeness (QED) is 0.433. The van der Waals surface area contributed by atoms with Crippen LogP contribution in [0.5, 0.6) is 0 Å². The van der Waals surface area contributed by atoms with E-state index in [-0.39, 0.29) is 17.0 Å². The van der Waals surface area contributed by atoms with Gasteiger partial charge in [-0.05, 0) is 23.8 Å². The van der Waals surface area contributed by atoms with Crippen LogP contribution >= 0.6 is 0 Å². The van der Waals surface area contributed by atoms with Crippen LogP contribution in [0.2, 0.25) is 0 Å². The molecule has 1 atom stereocenters. The van der Waals surface area contributed by atoms with E-state index in [0.29, 0.717) is 23.9 Å². The molecule has 0 aliphatic heterocycles. The van der Waals surface area contributed by atoms with Gasteiger partial charge in [-0.3, -0.25) is 4.79 Å². The van der Waals surface area contributed by atoms with Gasteiger partial charge in [-0.15, -0.1) is 0 Å². The third-order valence-corrected chi connectivity index (χ3v) is 5.70. The Morgan fingerprint density at radius 1 is 0.963 bits per heavy atom. The summed E-state index contributed by atoms with van der Waals surface area (Å²) in [5.41, 5.74) is 0.465. The Hall–Kier alpha value is -2.52. The highest BCUT2D eigenvalue weighted by Crippen LogP contribution is 2.19. The number of fused-ring (bicyclic) bond motifs is 1. The van der Waals surface area contributed by atoms with Crippen LogP contribution in [0.25, 0.3) is 10.8 Å². The van der Waals surface area contributed by atoms with Crippen LogP contribution in [0.1, 0.15) is 11.7 Å². The number of sulfonamides is 1. The van der Waals surface area contributed by atoms with Gasteiger partial charge in [0, 0.05) is 36.6 Å². The van der Waals surface area contributed by atoms with Crippen molar-refractivity contribution >= 4 is 20.8 Å². The van der Waals surface area contributed by atoms with Gasteiger partial charge in [-0.2, -0.15) is 0 Å². The summed E-state index contributed by atoms with van der Waals surface area (Å²) < 4.78 is 27.7. The molecule has 0 radical (unpaired) electrons. The Balaban J connectivity index is 1.58. The van der Waals surface area contributed by atoms with Crippen LogP contribution in [-0.2, 0) is 10.0 Å². The van der Waals surface area contributed by atoms with E-state index < -0.39 is 16.1 Å². The summed E-state index contributed by atoms with van der Waals surface area (Å²) in [6.07, 6.45) is 0.767. The van der Waals surface area contributed by atoms with Crippen molar-refractivity contribution in [3.8, 4) is 0 Å². The van der Waals surface area contributed by atoms with E-state index in [1.54, 1.807) is 18.2 Å². The summed E-state index contributed by atoms with van der Waals surface area (Å²) in [6.45, 7) is 0.827. The van der Waals surface area contributed by atoms with E-state index in [1.165, 1.54) is 12.3 Å². The van der Waals surface area contributed by atoms with Crippen LogP contribution in [0.4, 0.5) is 0 Å². The SMILES string of the molecule is O=c1[nH]ccc2c(S(=O)(=O)NCCNCC(O)c3ccccc3)cccc12. The summed E-state index contributed by atoms with van der Waals surface area (Å²) in [4.78, 5) is 14.4. The summed E-state index contributed by atoms with van der Waals surface area (Å²) >= 11 is 0. The first-order valence-corrected chi connectivity index (χ1v) is 10.0. The normalized spacial score (nSPS) is 12.9. The molecule has 0 aliphatic rings. The van der Waals surface area contributed by atoms with Crippen molar-refractivity contribution in [1.82, 2.24) is 15.0 Å². The van der Waals surface area contributed by atoms with E-state index in [9.17, 15) is 18.3 Å². The number of aliphatic hydroxyl groups is 1. The molecule has 142 valence electrons. The molecule has 1 unspecified atom stereocenters. The van der Waals surface area contributed by atoms with Crippen molar-refractivity contribution in [2.75, 3.05) is 19.6 Å². The number of aromatic nitrogens is 1. The van der Waals surface area contributed by atoms with E-state index >= 15 is 0 Å². The maximum atomic E-state index is 12.6. The Bertz CT molecular complexity index is 1070. The summed E-state index contributed by atoms with van der Waals surface area (Å²) in [6, 6.07) is 15.4. The minimum absolute atomic E-state index is 0.0652. The van der Waals surface area contributed by atoms with Crippen LogP contribution in [0.15, 0.2) is 70.5 Å². The van der Waals surface area contributed by atoms with Crippen molar-refractivity contribution in [1.29, 1.82) is 0 Å². The van der Waals surface area contributed by atoms with Crippen LogP contribution in [-0.4, -0.2) is 38.1 Å². The molecule has 0 saturated carbocycles. The van der Waals surface area contributed by atoms with Crippen LogP contribution in [0, 0.1) is 0 Å². The van der Waals surface area contributed by atoms with E-state index in [2.05, 4.69) is 15.0 Å². The maximum Gasteiger partial charge on any atom is 0.255 e. The van der Waals surface area contributed by atoms with Gasteiger partial charge in [0.25, 0.3) is 5.56 Å². The average Bonchev–Trinajstić information content (AvgIpc) is 2.68. The zero-order valence-corrected chi connectivity index (χ0v) is 15.4. The molecule has 0 saturated heterocycles. The third-order valence-electron chi connectivity index (χ3n) is 4.18.